The number of carboxylic acid groups (broad SMARTS) is 2. The predicted molar refractivity (Wildman–Crippen MR) is 112 cm³/mol. The first-order chi connectivity index (χ1) is 14.1. The van der Waals surface area contributed by atoms with Crippen molar-refractivity contribution in [3.05, 3.63) is 42.2 Å². The van der Waals surface area contributed by atoms with Crippen molar-refractivity contribution >= 4 is 39.4 Å². The highest BCUT2D eigenvalue weighted by atomic mass is 16.4. The normalized spacial score (nSPS) is 11.0. The van der Waals surface area contributed by atoms with E-state index in [1.165, 1.54) is 0 Å². The minimum absolute atomic E-state index is 0.210. The number of nitrogens with one attached hydrogen (secondary N) is 1. The van der Waals surface area contributed by atoms with E-state index in [4.69, 9.17) is 5.11 Å². The molecule has 152 valence electrons. The van der Waals surface area contributed by atoms with Gasteiger partial charge in [0.25, 0.3) is 0 Å². The van der Waals surface area contributed by atoms with Gasteiger partial charge < -0.3 is 15.5 Å². The van der Waals surface area contributed by atoms with Crippen molar-refractivity contribution in [2.24, 2.45) is 0 Å². The Kier molecular flexibility index (Phi) is 6.94. The van der Waals surface area contributed by atoms with Crippen molar-refractivity contribution in [3.63, 3.8) is 0 Å². The Morgan fingerprint density at radius 3 is 2.41 bits per heavy atom. The van der Waals surface area contributed by atoms with Crippen LogP contribution < -0.4 is 5.32 Å². The number of benzene rings is 1. The quantitative estimate of drug-likeness (QED) is 0.318. The fraction of sp³-hybridized carbons (Fsp3) is 0.364. The second kappa shape index (κ2) is 9.82. The number of aliphatic carboxylic acids is 1. The van der Waals surface area contributed by atoms with Crippen molar-refractivity contribution in [2.75, 3.05) is 11.9 Å². The summed E-state index contributed by atoms with van der Waals surface area (Å²) in [6, 6.07) is 6.87. The molecule has 2 aromatic heterocycles. The number of fused-ring (bicyclic) bond motifs is 3. The number of anilines is 1. The number of hydrogen-bond donors (Lipinski definition) is 3. The molecule has 0 aliphatic rings. The molecule has 0 atom stereocenters. The molecule has 2 heterocycles. The van der Waals surface area contributed by atoms with Crippen LogP contribution in [0.25, 0.3) is 21.7 Å². The van der Waals surface area contributed by atoms with Crippen LogP contribution in [0.2, 0.25) is 0 Å². The van der Waals surface area contributed by atoms with Crippen LogP contribution in [-0.2, 0) is 4.79 Å². The number of hydrogen-bond acceptors (Lipinski definition) is 5. The highest BCUT2D eigenvalue weighted by molar-refractivity contribution is 6.10. The fourth-order valence-electron chi connectivity index (χ4n) is 3.43. The first kappa shape index (κ1) is 20.5. The van der Waals surface area contributed by atoms with Gasteiger partial charge in [0.15, 0.2) is 0 Å². The molecular formula is C22H25N3O4. The van der Waals surface area contributed by atoms with Crippen LogP contribution >= 0.6 is 0 Å². The molecule has 0 spiro atoms. The Bertz CT molecular complexity index is 1020. The van der Waals surface area contributed by atoms with Gasteiger partial charge in [0.05, 0.1) is 11.1 Å². The second-order valence-electron chi connectivity index (χ2n) is 7.11. The van der Waals surface area contributed by atoms with E-state index >= 15 is 0 Å². The maximum absolute atomic E-state index is 11.3. The molecule has 7 nitrogen and oxygen atoms in total. The molecule has 29 heavy (non-hydrogen) atoms. The number of rotatable bonds is 11. The Morgan fingerprint density at radius 1 is 0.897 bits per heavy atom. The van der Waals surface area contributed by atoms with E-state index in [2.05, 4.69) is 15.3 Å². The van der Waals surface area contributed by atoms with E-state index in [1.807, 2.05) is 6.07 Å². The molecule has 3 aromatic rings. The molecule has 0 saturated heterocycles. The summed E-state index contributed by atoms with van der Waals surface area (Å²) in [5, 5.41) is 24.0. The maximum Gasteiger partial charge on any atom is 0.335 e. The lowest BCUT2D eigenvalue weighted by molar-refractivity contribution is -0.137. The van der Waals surface area contributed by atoms with Gasteiger partial charge in [-0.2, -0.15) is 0 Å². The summed E-state index contributed by atoms with van der Waals surface area (Å²) in [6.07, 6.45) is 9.64. The molecule has 0 unspecified atom stereocenters. The largest absolute Gasteiger partial charge is 0.481 e. The Labute approximate surface area is 168 Å². The van der Waals surface area contributed by atoms with Crippen molar-refractivity contribution < 1.29 is 19.8 Å². The molecule has 1 aromatic carbocycles. The molecule has 0 saturated carbocycles. The zero-order valence-electron chi connectivity index (χ0n) is 16.2. The van der Waals surface area contributed by atoms with Crippen LogP contribution in [-0.4, -0.2) is 38.7 Å². The standard InChI is InChI=1S/C22H25N3O4/c26-20(27)7-5-3-1-2-4-6-11-24-21-17-10-12-23-14-18(17)16-9-8-15(22(28)29)13-19(16)25-21/h8-10,12-14H,1-7,11H2,(H,24,25)(H,26,27)(H,28,29). The van der Waals surface area contributed by atoms with Gasteiger partial charge in [-0.1, -0.05) is 31.7 Å². The van der Waals surface area contributed by atoms with Crippen LogP contribution in [0.15, 0.2) is 36.7 Å². The molecule has 0 aliphatic heterocycles. The number of aromatic carboxylic acids is 1. The fourth-order valence-corrected chi connectivity index (χ4v) is 3.43. The van der Waals surface area contributed by atoms with Crippen molar-refractivity contribution in [2.45, 2.75) is 44.9 Å². The van der Waals surface area contributed by atoms with Gasteiger partial charge in [0, 0.05) is 41.5 Å². The third-order valence-corrected chi connectivity index (χ3v) is 4.95. The summed E-state index contributed by atoms with van der Waals surface area (Å²) in [4.78, 5) is 30.6. The number of nitrogens with zero attached hydrogens (tertiary/aromatic N) is 2. The highest BCUT2D eigenvalue weighted by Gasteiger charge is 2.11. The Balaban J connectivity index is 1.62. The lowest BCUT2D eigenvalue weighted by Gasteiger charge is -2.12. The van der Waals surface area contributed by atoms with Gasteiger partial charge in [0.1, 0.15) is 5.82 Å². The van der Waals surface area contributed by atoms with Gasteiger partial charge in [-0.25, -0.2) is 9.78 Å². The monoisotopic (exact) mass is 395 g/mol. The third-order valence-electron chi connectivity index (χ3n) is 4.95. The topological polar surface area (TPSA) is 112 Å². The van der Waals surface area contributed by atoms with Crippen LogP contribution in [0, 0.1) is 0 Å². The lowest BCUT2D eigenvalue weighted by atomic mass is 10.1. The minimum atomic E-state index is -0.974. The zero-order valence-corrected chi connectivity index (χ0v) is 16.2. The second-order valence-corrected chi connectivity index (χ2v) is 7.11. The molecule has 0 radical (unpaired) electrons. The molecule has 3 N–H and O–H groups in total. The average molecular weight is 395 g/mol. The molecule has 0 amide bonds. The van der Waals surface area contributed by atoms with Crippen molar-refractivity contribution in [1.29, 1.82) is 0 Å². The van der Waals surface area contributed by atoms with E-state index in [0.717, 1.165) is 67.0 Å². The van der Waals surface area contributed by atoms with Crippen molar-refractivity contribution in [3.8, 4) is 0 Å². The van der Waals surface area contributed by atoms with E-state index in [-0.39, 0.29) is 12.0 Å². The summed E-state index contributed by atoms with van der Waals surface area (Å²) < 4.78 is 0. The molecule has 7 heteroatoms. The SMILES string of the molecule is O=C(O)CCCCCCCCNc1nc2cc(C(=O)O)ccc2c2cnccc12. The van der Waals surface area contributed by atoms with Crippen molar-refractivity contribution in [1.82, 2.24) is 9.97 Å². The average Bonchev–Trinajstić information content (AvgIpc) is 2.71. The zero-order chi connectivity index (χ0) is 20.6. The molecule has 0 aliphatic carbocycles. The third kappa shape index (κ3) is 5.40. The van der Waals surface area contributed by atoms with Gasteiger partial charge in [-0.3, -0.25) is 9.78 Å². The summed E-state index contributed by atoms with van der Waals surface area (Å²) in [5.41, 5.74) is 0.841. The molecular weight excluding hydrogens is 370 g/mol. The summed E-state index contributed by atoms with van der Waals surface area (Å²) >= 11 is 0. The van der Waals surface area contributed by atoms with Crippen LogP contribution in [0.5, 0.6) is 0 Å². The van der Waals surface area contributed by atoms with E-state index < -0.39 is 11.9 Å². The lowest BCUT2D eigenvalue weighted by Crippen LogP contribution is -2.05. The predicted octanol–water partition coefficient (Wildman–Crippen LogP) is 4.71. The number of unbranched alkanes of at least 4 members (excludes halogenated alkanes) is 5. The van der Waals surface area contributed by atoms with Crippen LogP contribution in [0.3, 0.4) is 0 Å². The van der Waals surface area contributed by atoms with Gasteiger partial charge in [-0.15, -0.1) is 0 Å². The molecule has 3 rings (SSSR count). The Hall–Kier alpha value is -3.22. The number of pyridine rings is 2. The van der Waals surface area contributed by atoms with Crippen LogP contribution in [0.4, 0.5) is 5.82 Å². The number of carbonyl (C=O) groups is 2. The highest BCUT2D eigenvalue weighted by Crippen LogP contribution is 2.29. The summed E-state index contributed by atoms with van der Waals surface area (Å²) in [5.74, 6) is -0.966. The van der Waals surface area contributed by atoms with Crippen LogP contribution in [0.1, 0.15) is 55.3 Å². The number of carboxylic acids is 2. The maximum atomic E-state index is 11.3. The van der Waals surface area contributed by atoms with Gasteiger partial charge in [0.2, 0.25) is 0 Å². The van der Waals surface area contributed by atoms with E-state index in [1.54, 1.807) is 30.6 Å². The van der Waals surface area contributed by atoms with E-state index in [9.17, 15) is 14.7 Å². The Morgan fingerprint density at radius 2 is 1.66 bits per heavy atom. The summed E-state index contributed by atoms with van der Waals surface area (Å²) in [7, 11) is 0. The summed E-state index contributed by atoms with van der Waals surface area (Å²) in [6.45, 7) is 0.768. The molecule has 0 bridgehead atoms. The number of aromatic nitrogens is 2. The first-order valence-corrected chi connectivity index (χ1v) is 9.92. The smallest absolute Gasteiger partial charge is 0.335 e. The van der Waals surface area contributed by atoms with E-state index in [0.29, 0.717) is 5.52 Å². The van der Waals surface area contributed by atoms with Gasteiger partial charge in [-0.05, 0) is 31.0 Å². The first-order valence-electron chi connectivity index (χ1n) is 9.92. The van der Waals surface area contributed by atoms with Gasteiger partial charge >= 0.3 is 11.9 Å². The minimum Gasteiger partial charge on any atom is -0.481 e. The molecule has 0 fully saturated rings.